The van der Waals surface area contributed by atoms with Gasteiger partial charge in [-0.1, -0.05) is 70.9 Å². The van der Waals surface area contributed by atoms with Crippen molar-refractivity contribution in [2.75, 3.05) is 13.7 Å². The fourth-order valence-electron chi connectivity index (χ4n) is 4.95. The van der Waals surface area contributed by atoms with Crippen LogP contribution in [0, 0.1) is 17.8 Å². The zero-order valence-electron chi connectivity index (χ0n) is 27.3. The van der Waals surface area contributed by atoms with Crippen molar-refractivity contribution in [2.24, 2.45) is 17.8 Å². The van der Waals surface area contributed by atoms with Gasteiger partial charge < -0.3 is 29.0 Å². The van der Waals surface area contributed by atoms with Crippen LogP contribution in [-0.2, 0) is 39.8 Å². The van der Waals surface area contributed by atoms with Crippen molar-refractivity contribution in [2.45, 2.75) is 85.0 Å². The summed E-state index contributed by atoms with van der Waals surface area (Å²) in [4.78, 5) is 70.2. The molecule has 0 saturated carbocycles. The van der Waals surface area contributed by atoms with E-state index in [2.05, 4.69) is 10.3 Å². The smallest absolute Gasteiger partial charge is 0.332 e. The molecule has 0 spiro atoms. The van der Waals surface area contributed by atoms with E-state index < -0.39 is 72.4 Å². The fraction of sp³-hybridized carbons (Fsp3) is 0.529. The zero-order valence-corrected chi connectivity index (χ0v) is 27.3. The van der Waals surface area contributed by atoms with E-state index in [0.29, 0.717) is 12.8 Å². The molecule has 1 fully saturated rings. The molecule has 2 heterocycles. The van der Waals surface area contributed by atoms with Gasteiger partial charge in [0.15, 0.2) is 23.6 Å². The van der Waals surface area contributed by atoms with Crippen molar-refractivity contribution in [1.82, 2.24) is 10.3 Å². The molecule has 1 amide bonds. The summed E-state index contributed by atoms with van der Waals surface area (Å²) in [5, 5.41) is 2.49. The van der Waals surface area contributed by atoms with Gasteiger partial charge in [0.05, 0.1) is 18.9 Å². The molecule has 0 radical (unpaired) electrons. The van der Waals surface area contributed by atoms with Crippen molar-refractivity contribution in [3.63, 3.8) is 0 Å². The Morgan fingerprint density at radius 1 is 1.04 bits per heavy atom. The van der Waals surface area contributed by atoms with E-state index in [9.17, 15) is 24.0 Å². The van der Waals surface area contributed by atoms with Gasteiger partial charge in [-0.15, -0.1) is 0 Å². The normalized spacial score (nSPS) is 20.7. The second kappa shape index (κ2) is 17.3. The molecule has 5 unspecified atom stereocenters. The van der Waals surface area contributed by atoms with Crippen LogP contribution in [0.25, 0.3) is 0 Å². The molecule has 46 heavy (non-hydrogen) atoms. The van der Waals surface area contributed by atoms with Gasteiger partial charge in [-0.25, -0.2) is 9.78 Å². The quantitative estimate of drug-likeness (QED) is 0.247. The third-order valence-corrected chi connectivity index (χ3v) is 7.71. The molecular weight excluding hydrogens is 596 g/mol. The Labute approximate surface area is 269 Å². The van der Waals surface area contributed by atoms with E-state index in [1.807, 2.05) is 44.2 Å². The number of methoxy groups -OCH3 is 1. The van der Waals surface area contributed by atoms with Gasteiger partial charge in [0.2, 0.25) is 5.75 Å². The summed E-state index contributed by atoms with van der Waals surface area (Å²) in [6.07, 6.45) is 2.10. The van der Waals surface area contributed by atoms with Gasteiger partial charge in [0.25, 0.3) is 5.91 Å². The first-order chi connectivity index (χ1) is 22.0. The van der Waals surface area contributed by atoms with Crippen LogP contribution in [0.2, 0.25) is 0 Å². The van der Waals surface area contributed by atoms with E-state index in [-0.39, 0.29) is 23.6 Å². The Morgan fingerprint density at radius 2 is 1.76 bits per heavy atom. The minimum Gasteiger partial charge on any atom is -0.493 e. The number of rotatable bonds is 13. The lowest BCUT2D eigenvalue weighted by Crippen LogP contribution is -2.47. The number of hydrogen-bond acceptors (Lipinski definition) is 11. The molecule has 12 heteroatoms. The highest BCUT2D eigenvalue weighted by Crippen LogP contribution is 2.31. The molecule has 1 aliphatic rings. The monoisotopic (exact) mass is 640 g/mol. The lowest BCUT2D eigenvalue weighted by molar-refractivity contribution is -0.176. The number of aromatic nitrogens is 1. The van der Waals surface area contributed by atoms with Crippen LogP contribution in [0.4, 0.5) is 0 Å². The first-order valence-electron chi connectivity index (χ1n) is 15.7. The van der Waals surface area contributed by atoms with Gasteiger partial charge in [-0.2, -0.15) is 0 Å². The predicted octanol–water partition coefficient (Wildman–Crippen LogP) is 4.23. The largest absolute Gasteiger partial charge is 0.493 e. The van der Waals surface area contributed by atoms with E-state index in [1.165, 1.54) is 26.3 Å². The van der Waals surface area contributed by atoms with Gasteiger partial charge in [0, 0.05) is 12.3 Å². The SMILES string of the molecule is CCCCC(CC)C(=O)Oc1c(OC)ccnc1C(=O)NC1COC(=O)C(Cc2ccccc2)C(OC(=O)C(C)C)C(C)OC1=O. The molecule has 250 valence electrons. The molecule has 0 aliphatic carbocycles. The second-order valence-electron chi connectivity index (χ2n) is 11.5. The molecule has 1 N–H and O–H groups in total. The lowest BCUT2D eigenvalue weighted by Gasteiger charge is -2.29. The summed E-state index contributed by atoms with van der Waals surface area (Å²) in [5.41, 5.74) is 0.472. The molecule has 1 aromatic heterocycles. The van der Waals surface area contributed by atoms with Gasteiger partial charge >= 0.3 is 23.9 Å². The molecule has 1 aliphatic heterocycles. The predicted molar refractivity (Wildman–Crippen MR) is 166 cm³/mol. The number of hydrogen-bond donors (Lipinski definition) is 1. The summed E-state index contributed by atoms with van der Waals surface area (Å²) in [6.45, 7) is 8.13. The van der Waals surface area contributed by atoms with Crippen molar-refractivity contribution in [3.8, 4) is 11.5 Å². The molecule has 3 rings (SSSR count). The van der Waals surface area contributed by atoms with Crippen molar-refractivity contribution >= 4 is 29.8 Å². The summed E-state index contributed by atoms with van der Waals surface area (Å²) in [5.74, 6) is -5.68. The maximum atomic E-state index is 13.5. The first-order valence-corrected chi connectivity index (χ1v) is 15.7. The third kappa shape index (κ3) is 9.51. The number of amides is 1. The number of cyclic esters (lactones) is 2. The number of carbonyl (C=O) groups excluding carboxylic acids is 5. The van der Waals surface area contributed by atoms with Crippen LogP contribution < -0.4 is 14.8 Å². The van der Waals surface area contributed by atoms with Crippen LogP contribution in [0.15, 0.2) is 42.6 Å². The average molecular weight is 641 g/mol. The Kier molecular flexibility index (Phi) is 13.5. The van der Waals surface area contributed by atoms with Crippen LogP contribution in [0.1, 0.15) is 76.4 Å². The van der Waals surface area contributed by atoms with Gasteiger partial charge in [0.1, 0.15) is 18.6 Å². The number of esters is 4. The number of nitrogens with one attached hydrogen (secondary N) is 1. The Balaban J connectivity index is 1.88. The third-order valence-electron chi connectivity index (χ3n) is 7.71. The lowest BCUT2D eigenvalue weighted by atomic mass is 9.91. The number of nitrogens with zero attached hydrogens (tertiary/aromatic N) is 1. The molecule has 1 aromatic carbocycles. The molecule has 1 saturated heterocycles. The topological polar surface area (TPSA) is 156 Å². The van der Waals surface area contributed by atoms with E-state index in [4.69, 9.17) is 23.7 Å². The molecule has 12 nitrogen and oxygen atoms in total. The highest BCUT2D eigenvalue weighted by molar-refractivity contribution is 5.99. The summed E-state index contributed by atoms with van der Waals surface area (Å²) < 4.78 is 27.9. The number of benzene rings is 1. The van der Waals surface area contributed by atoms with Crippen LogP contribution >= 0.6 is 0 Å². The fourth-order valence-corrected chi connectivity index (χ4v) is 4.95. The van der Waals surface area contributed by atoms with Crippen LogP contribution in [-0.4, -0.2) is 66.7 Å². The van der Waals surface area contributed by atoms with E-state index in [0.717, 1.165) is 18.4 Å². The number of pyridine rings is 1. The average Bonchev–Trinajstić information content (AvgIpc) is 3.07. The van der Waals surface area contributed by atoms with Gasteiger partial charge in [-0.05, 0) is 31.7 Å². The Bertz CT molecular complexity index is 1360. The molecule has 5 atom stereocenters. The summed E-state index contributed by atoms with van der Waals surface area (Å²) in [7, 11) is 1.35. The first kappa shape index (κ1) is 36.0. The van der Waals surface area contributed by atoms with E-state index >= 15 is 0 Å². The van der Waals surface area contributed by atoms with Crippen LogP contribution in [0.5, 0.6) is 11.5 Å². The minimum absolute atomic E-state index is 0.0921. The molecule has 0 bridgehead atoms. The highest BCUT2D eigenvalue weighted by atomic mass is 16.6. The second-order valence-corrected chi connectivity index (χ2v) is 11.5. The molecule has 2 aromatic rings. The molecular formula is C34H44N2O10. The Hall–Kier alpha value is -4.48. The van der Waals surface area contributed by atoms with E-state index in [1.54, 1.807) is 13.8 Å². The summed E-state index contributed by atoms with van der Waals surface area (Å²) in [6, 6.07) is 9.07. The van der Waals surface area contributed by atoms with Crippen molar-refractivity contribution in [1.29, 1.82) is 0 Å². The maximum absolute atomic E-state index is 13.5. The highest BCUT2D eigenvalue weighted by Gasteiger charge is 2.42. The standard InChI is InChI=1S/C34H44N2O10/c1-7-9-15-23(8-2)32(39)46-29-26(42-6)16-17-35-27(29)30(37)36-25-19-43-33(40)24(18-22-13-11-10-12-14-22)28(21(5)44-34(25)41)45-31(38)20(3)4/h10-14,16-17,20-21,23-25,28H,7-9,15,18-19H2,1-6H3,(H,36,37). The zero-order chi connectivity index (χ0) is 33.8. The van der Waals surface area contributed by atoms with Crippen molar-refractivity contribution < 1.29 is 47.7 Å². The number of ether oxygens (including phenoxy) is 5. The maximum Gasteiger partial charge on any atom is 0.332 e. The summed E-state index contributed by atoms with van der Waals surface area (Å²) >= 11 is 0. The minimum atomic E-state index is -1.46. The van der Waals surface area contributed by atoms with Crippen LogP contribution in [0.3, 0.4) is 0 Å². The van der Waals surface area contributed by atoms with Crippen molar-refractivity contribution in [3.05, 3.63) is 53.9 Å². The van der Waals surface area contributed by atoms with Gasteiger partial charge in [-0.3, -0.25) is 19.2 Å². The Morgan fingerprint density at radius 3 is 2.39 bits per heavy atom. The number of carbonyl (C=O) groups is 5. The number of unbranched alkanes of at least 4 members (excludes halogenated alkanes) is 1.